The second-order valence-corrected chi connectivity index (χ2v) is 6.29. The minimum Gasteiger partial charge on any atom is -0.291 e. The maximum atomic E-state index is 12.7. The fourth-order valence-electron chi connectivity index (χ4n) is 2.60. The van der Waals surface area contributed by atoms with Crippen LogP contribution >= 0.6 is 15.9 Å². The molecule has 122 valence electrons. The molecule has 1 amide bonds. The van der Waals surface area contributed by atoms with Crippen LogP contribution in [-0.2, 0) is 0 Å². The Morgan fingerprint density at radius 2 is 1.96 bits per heavy atom. The zero-order chi connectivity index (χ0) is 17.2. The molecule has 0 aliphatic rings. The number of hydrogen-bond acceptors (Lipinski definition) is 4. The van der Waals surface area contributed by atoms with Crippen molar-refractivity contribution in [1.82, 2.24) is 20.2 Å². The van der Waals surface area contributed by atoms with Crippen LogP contribution in [0.3, 0.4) is 0 Å². The van der Waals surface area contributed by atoms with Crippen LogP contribution in [0.2, 0.25) is 0 Å². The summed E-state index contributed by atoms with van der Waals surface area (Å²) in [5.74, 6) is 0.0292. The Morgan fingerprint density at radius 3 is 2.76 bits per heavy atom. The van der Waals surface area contributed by atoms with Crippen molar-refractivity contribution in [2.45, 2.75) is 0 Å². The molecule has 0 aliphatic carbocycles. The number of aromatic nitrogens is 4. The highest BCUT2D eigenvalue weighted by molar-refractivity contribution is 9.10. The summed E-state index contributed by atoms with van der Waals surface area (Å²) in [7, 11) is 0. The summed E-state index contributed by atoms with van der Waals surface area (Å²) < 4.78 is 0.952. The quantitative estimate of drug-likeness (QED) is 0.550. The molecule has 0 spiro atoms. The monoisotopic (exact) mass is 393 g/mol. The van der Waals surface area contributed by atoms with Crippen LogP contribution in [0.25, 0.3) is 22.2 Å². The van der Waals surface area contributed by atoms with Crippen LogP contribution in [0.4, 0.5) is 5.95 Å². The SMILES string of the molecule is O=C(Nc1ncn[nH]1)c1cc(-c2cccc(Br)c2)nc2ccccc12. The molecule has 0 fully saturated rings. The van der Waals surface area contributed by atoms with E-state index < -0.39 is 0 Å². The molecule has 2 aromatic carbocycles. The zero-order valence-electron chi connectivity index (χ0n) is 12.9. The van der Waals surface area contributed by atoms with E-state index in [1.807, 2.05) is 48.5 Å². The number of rotatable bonds is 3. The Hall–Kier alpha value is -3.06. The van der Waals surface area contributed by atoms with E-state index in [9.17, 15) is 4.79 Å². The summed E-state index contributed by atoms with van der Waals surface area (Å²) in [5.41, 5.74) is 2.93. The predicted octanol–water partition coefficient (Wildman–Crippen LogP) is 4.03. The molecule has 2 aromatic heterocycles. The van der Waals surface area contributed by atoms with Crippen molar-refractivity contribution in [3.63, 3.8) is 0 Å². The van der Waals surface area contributed by atoms with Gasteiger partial charge >= 0.3 is 0 Å². The van der Waals surface area contributed by atoms with Crippen LogP contribution in [0.5, 0.6) is 0 Å². The minimum atomic E-state index is -0.272. The molecule has 0 radical (unpaired) electrons. The number of carbonyl (C=O) groups excluding carboxylic acids is 1. The normalized spacial score (nSPS) is 10.8. The van der Waals surface area contributed by atoms with E-state index in [4.69, 9.17) is 4.98 Å². The standard InChI is InChI=1S/C18H12BrN5O/c19-12-5-3-4-11(8-12)16-9-14(13-6-1-2-7-15(13)22-16)17(25)23-18-20-10-21-24-18/h1-10H,(H2,20,21,23,24,25). The van der Waals surface area contributed by atoms with E-state index in [-0.39, 0.29) is 5.91 Å². The number of halogens is 1. The Kier molecular flexibility index (Phi) is 3.99. The van der Waals surface area contributed by atoms with E-state index in [1.165, 1.54) is 6.33 Å². The summed E-state index contributed by atoms with van der Waals surface area (Å²) in [5, 5.41) is 9.85. The van der Waals surface area contributed by atoms with Crippen molar-refractivity contribution in [3.8, 4) is 11.3 Å². The van der Waals surface area contributed by atoms with Gasteiger partial charge in [-0.25, -0.2) is 10.1 Å². The first-order chi connectivity index (χ1) is 12.2. The lowest BCUT2D eigenvalue weighted by Crippen LogP contribution is -2.14. The number of benzene rings is 2. The van der Waals surface area contributed by atoms with Gasteiger partial charge in [-0.15, -0.1) is 0 Å². The number of para-hydroxylation sites is 1. The lowest BCUT2D eigenvalue weighted by Gasteiger charge is -2.10. The number of nitrogens with one attached hydrogen (secondary N) is 2. The van der Waals surface area contributed by atoms with Crippen LogP contribution in [0.1, 0.15) is 10.4 Å². The largest absolute Gasteiger partial charge is 0.291 e. The first-order valence-electron chi connectivity index (χ1n) is 7.53. The lowest BCUT2D eigenvalue weighted by atomic mass is 10.0. The van der Waals surface area contributed by atoms with Crippen molar-refractivity contribution in [3.05, 3.63) is 71.0 Å². The van der Waals surface area contributed by atoms with Gasteiger partial charge in [0, 0.05) is 15.4 Å². The van der Waals surface area contributed by atoms with Crippen LogP contribution < -0.4 is 5.32 Å². The molecular weight excluding hydrogens is 382 g/mol. The number of amides is 1. The van der Waals surface area contributed by atoms with Crippen molar-refractivity contribution in [2.75, 3.05) is 5.32 Å². The second kappa shape index (κ2) is 6.45. The Balaban J connectivity index is 1.85. The second-order valence-electron chi connectivity index (χ2n) is 5.37. The average molecular weight is 394 g/mol. The third-order valence-corrected chi connectivity index (χ3v) is 4.22. The van der Waals surface area contributed by atoms with E-state index in [1.54, 1.807) is 6.07 Å². The maximum Gasteiger partial charge on any atom is 0.258 e. The maximum absolute atomic E-state index is 12.7. The average Bonchev–Trinajstić information content (AvgIpc) is 3.13. The van der Waals surface area contributed by atoms with Crippen LogP contribution in [0.15, 0.2) is 65.4 Å². The molecular formula is C18H12BrN5O. The lowest BCUT2D eigenvalue weighted by molar-refractivity contribution is 0.102. The summed E-state index contributed by atoms with van der Waals surface area (Å²) >= 11 is 3.47. The first-order valence-corrected chi connectivity index (χ1v) is 8.32. The molecule has 2 N–H and O–H groups in total. The van der Waals surface area contributed by atoms with Crippen LogP contribution in [-0.4, -0.2) is 26.1 Å². The fraction of sp³-hybridized carbons (Fsp3) is 0. The number of fused-ring (bicyclic) bond motifs is 1. The van der Waals surface area contributed by atoms with Gasteiger partial charge in [-0.3, -0.25) is 10.1 Å². The number of H-pyrrole nitrogens is 1. The number of aromatic amines is 1. The first kappa shape index (κ1) is 15.5. The number of anilines is 1. The van der Waals surface area contributed by atoms with E-state index in [2.05, 4.69) is 36.4 Å². The summed E-state index contributed by atoms with van der Waals surface area (Å²) in [6.45, 7) is 0. The smallest absolute Gasteiger partial charge is 0.258 e. The predicted molar refractivity (Wildman–Crippen MR) is 99.2 cm³/mol. The van der Waals surface area contributed by atoms with Crippen molar-refractivity contribution >= 4 is 38.7 Å². The molecule has 2 heterocycles. The highest BCUT2D eigenvalue weighted by atomic mass is 79.9. The highest BCUT2D eigenvalue weighted by Gasteiger charge is 2.15. The van der Waals surface area contributed by atoms with Gasteiger partial charge in [-0.2, -0.15) is 10.1 Å². The van der Waals surface area contributed by atoms with Gasteiger partial charge in [0.2, 0.25) is 5.95 Å². The summed E-state index contributed by atoms with van der Waals surface area (Å²) in [4.78, 5) is 21.4. The van der Waals surface area contributed by atoms with E-state index in [0.29, 0.717) is 11.5 Å². The molecule has 0 aliphatic heterocycles. The molecule has 7 heteroatoms. The highest BCUT2D eigenvalue weighted by Crippen LogP contribution is 2.27. The van der Waals surface area contributed by atoms with Crippen LogP contribution in [0, 0.1) is 0 Å². The number of nitrogens with zero attached hydrogens (tertiary/aromatic N) is 3. The molecule has 0 unspecified atom stereocenters. The summed E-state index contributed by atoms with van der Waals surface area (Å²) in [6, 6.07) is 17.1. The van der Waals surface area contributed by atoms with Gasteiger partial charge in [0.1, 0.15) is 6.33 Å². The minimum absolute atomic E-state index is 0.272. The van der Waals surface area contributed by atoms with Gasteiger partial charge in [-0.05, 0) is 24.3 Å². The fourth-order valence-corrected chi connectivity index (χ4v) is 3.00. The molecule has 0 saturated carbocycles. The molecule has 4 rings (SSSR count). The van der Waals surface area contributed by atoms with Gasteiger partial charge in [0.05, 0.1) is 16.8 Å². The molecule has 4 aromatic rings. The van der Waals surface area contributed by atoms with Gasteiger partial charge < -0.3 is 0 Å². The third-order valence-electron chi connectivity index (χ3n) is 3.73. The topological polar surface area (TPSA) is 83.6 Å². The van der Waals surface area contributed by atoms with Crippen molar-refractivity contribution < 1.29 is 4.79 Å². The number of pyridine rings is 1. The van der Waals surface area contributed by atoms with Crippen molar-refractivity contribution in [2.24, 2.45) is 0 Å². The number of carbonyl (C=O) groups is 1. The third kappa shape index (κ3) is 3.14. The van der Waals surface area contributed by atoms with E-state index >= 15 is 0 Å². The Bertz CT molecular complexity index is 1060. The Morgan fingerprint density at radius 1 is 1.08 bits per heavy atom. The summed E-state index contributed by atoms with van der Waals surface area (Å²) in [6.07, 6.45) is 1.34. The molecule has 0 atom stereocenters. The van der Waals surface area contributed by atoms with Gasteiger partial charge in [0.15, 0.2) is 0 Å². The van der Waals surface area contributed by atoms with Crippen molar-refractivity contribution in [1.29, 1.82) is 0 Å². The molecule has 25 heavy (non-hydrogen) atoms. The molecule has 6 nitrogen and oxygen atoms in total. The van der Waals surface area contributed by atoms with Gasteiger partial charge in [0.25, 0.3) is 5.91 Å². The Labute approximate surface area is 151 Å². The molecule has 0 bridgehead atoms. The molecule has 0 saturated heterocycles. The van der Waals surface area contributed by atoms with E-state index in [0.717, 1.165) is 26.6 Å². The van der Waals surface area contributed by atoms with Gasteiger partial charge in [-0.1, -0.05) is 46.3 Å². The number of hydrogen-bond donors (Lipinski definition) is 2. The zero-order valence-corrected chi connectivity index (χ0v) is 14.5.